The molecule has 3 aromatic heterocycles. The average molecular weight is 314 g/mol. The van der Waals surface area contributed by atoms with E-state index in [0.717, 1.165) is 37.3 Å². The van der Waals surface area contributed by atoms with E-state index in [4.69, 9.17) is 4.98 Å². The number of aromatic amines is 1. The molecule has 3 heterocycles. The molecule has 0 aliphatic heterocycles. The first-order chi connectivity index (χ1) is 11.2. The Kier molecular flexibility index (Phi) is 3.43. The minimum absolute atomic E-state index is 0.0406. The van der Waals surface area contributed by atoms with Gasteiger partial charge in [0.15, 0.2) is 17.0 Å². The predicted molar refractivity (Wildman–Crippen MR) is 87.8 cm³/mol. The lowest BCUT2D eigenvalue weighted by Crippen LogP contribution is -2.23. The standard InChI is InChI=1S/C16H22N6O/c1-3-9-21-15(23)12-14(22-16(21)17-11(4-2)20-22)19-13(18-12)10-7-5-6-8-10/h10H,3-9H2,1-2H3,(H,18,19). The Hall–Kier alpha value is -2.18. The average Bonchev–Trinajstić information content (AvgIpc) is 3.28. The van der Waals surface area contributed by atoms with E-state index < -0.39 is 0 Å². The Morgan fingerprint density at radius 1 is 1.22 bits per heavy atom. The van der Waals surface area contributed by atoms with Crippen LogP contribution in [0.5, 0.6) is 0 Å². The van der Waals surface area contributed by atoms with Crippen LogP contribution >= 0.6 is 0 Å². The van der Waals surface area contributed by atoms with Gasteiger partial charge in [0.2, 0.25) is 5.78 Å². The second kappa shape index (κ2) is 5.47. The smallest absolute Gasteiger partial charge is 0.281 e. The molecule has 122 valence electrons. The fourth-order valence-electron chi connectivity index (χ4n) is 3.54. The van der Waals surface area contributed by atoms with E-state index in [0.29, 0.717) is 29.4 Å². The molecule has 1 saturated carbocycles. The number of hydrogen-bond acceptors (Lipinski definition) is 4. The second-order valence-corrected chi connectivity index (χ2v) is 6.35. The maximum Gasteiger partial charge on any atom is 0.281 e. The molecule has 1 N–H and O–H groups in total. The van der Waals surface area contributed by atoms with Crippen molar-refractivity contribution in [3.63, 3.8) is 0 Å². The highest BCUT2D eigenvalue weighted by atomic mass is 16.1. The predicted octanol–water partition coefficient (Wildman–Crippen LogP) is 2.40. The van der Waals surface area contributed by atoms with Gasteiger partial charge in [0.25, 0.3) is 5.56 Å². The number of nitrogens with zero attached hydrogens (tertiary/aromatic N) is 5. The van der Waals surface area contributed by atoms with Gasteiger partial charge in [-0.3, -0.25) is 9.36 Å². The van der Waals surface area contributed by atoms with Crippen LogP contribution in [-0.2, 0) is 13.0 Å². The SMILES string of the molecule is CCCn1c(=O)c2[nH]c(C3CCCC3)nc2n2nc(CC)nc12. The first-order valence-electron chi connectivity index (χ1n) is 8.61. The van der Waals surface area contributed by atoms with Crippen LogP contribution in [0.2, 0.25) is 0 Å². The second-order valence-electron chi connectivity index (χ2n) is 6.35. The molecule has 1 aliphatic carbocycles. The molecule has 0 aromatic carbocycles. The largest absolute Gasteiger partial charge is 0.336 e. The molecule has 3 aromatic rings. The van der Waals surface area contributed by atoms with E-state index in [2.05, 4.69) is 22.0 Å². The van der Waals surface area contributed by atoms with Crippen LogP contribution in [-0.4, -0.2) is 29.1 Å². The number of nitrogens with one attached hydrogen (secondary N) is 1. The molecule has 7 nitrogen and oxygen atoms in total. The summed E-state index contributed by atoms with van der Waals surface area (Å²) in [5.74, 6) is 2.71. The summed E-state index contributed by atoms with van der Waals surface area (Å²) in [5.41, 5.74) is 1.13. The van der Waals surface area contributed by atoms with Crippen LogP contribution in [0.25, 0.3) is 16.9 Å². The van der Waals surface area contributed by atoms with Crippen molar-refractivity contribution in [1.29, 1.82) is 0 Å². The summed E-state index contributed by atoms with van der Waals surface area (Å²) >= 11 is 0. The lowest BCUT2D eigenvalue weighted by Gasteiger charge is -2.04. The van der Waals surface area contributed by atoms with Crippen molar-refractivity contribution >= 4 is 16.9 Å². The lowest BCUT2D eigenvalue weighted by molar-refractivity contribution is 0.659. The number of hydrogen-bond donors (Lipinski definition) is 1. The maximum absolute atomic E-state index is 12.9. The number of fused-ring (bicyclic) bond motifs is 3. The van der Waals surface area contributed by atoms with Gasteiger partial charge in [-0.15, -0.1) is 5.10 Å². The van der Waals surface area contributed by atoms with Crippen molar-refractivity contribution in [2.45, 2.75) is 64.8 Å². The van der Waals surface area contributed by atoms with Gasteiger partial charge in [0.05, 0.1) is 0 Å². The molecule has 0 spiro atoms. The Balaban J connectivity index is 2.01. The highest BCUT2D eigenvalue weighted by Gasteiger charge is 2.24. The van der Waals surface area contributed by atoms with Crippen LogP contribution in [0.4, 0.5) is 0 Å². The quantitative estimate of drug-likeness (QED) is 0.802. The van der Waals surface area contributed by atoms with Crippen LogP contribution in [0.15, 0.2) is 4.79 Å². The van der Waals surface area contributed by atoms with Crippen LogP contribution < -0.4 is 5.56 Å². The minimum atomic E-state index is -0.0406. The van der Waals surface area contributed by atoms with Gasteiger partial charge >= 0.3 is 0 Å². The molecular weight excluding hydrogens is 292 g/mol. The highest BCUT2D eigenvalue weighted by Crippen LogP contribution is 2.33. The summed E-state index contributed by atoms with van der Waals surface area (Å²) in [6, 6.07) is 0. The van der Waals surface area contributed by atoms with E-state index in [1.807, 2.05) is 6.92 Å². The van der Waals surface area contributed by atoms with Crippen molar-refractivity contribution in [3.8, 4) is 0 Å². The van der Waals surface area contributed by atoms with Crippen LogP contribution in [0.1, 0.15) is 63.5 Å². The van der Waals surface area contributed by atoms with Gasteiger partial charge in [-0.25, -0.2) is 4.98 Å². The van der Waals surface area contributed by atoms with Gasteiger partial charge in [-0.2, -0.15) is 9.50 Å². The third-order valence-electron chi connectivity index (χ3n) is 4.74. The molecule has 0 saturated heterocycles. The maximum atomic E-state index is 12.9. The summed E-state index contributed by atoms with van der Waals surface area (Å²) in [6.45, 7) is 4.71. The van der Waals surface area contributed by atoms with Crippen molar-refractivity contribution in [2.75, 3.05) is 0 Å². The molecule has 7 heteroatoms. The number of rotatable bonds is 4. The van der Waals surface area contributed by atoms with Crippen molar-refractivity contribution < 1.29 is 0 Å². The van der Waals surface area contributed by atoms with Gasteiger partial charge < -0.3 is 4.98 Å². The Morgan fingerprint density at radius 2 is 2.00 bits per heavy atom. The fourth-order valence-corrected chi connectivity index (χ4v) is 3.54. The minimum Gasteiger partial charge on any atom is -0.336 e. The summed E-state index contributed by atoms with van der Waals surface area (Å²) in [4.78, 5) is 25.4. The third kappa shape index (κ3) is 2.17. The fraction of sp³-hybridized carbons (Fsp3) is 0.625. The van der Waals surface area contributed by atoms with E-state index in [9.17, 15) is 4.79 Å². The number of H-pyrrole nitrogens is 1. The topological polar surface area (TPSA) is 80.9 Å². The Bertz CT molecular complexity index is 912. The summed E-state index contributed by atoms with van der Waals surface area (Å²) in [5, 5.41) is 4.55. The van der Waals surface area contributed by atoms with Crippen molar-refractivity contribution in [1.82, 2.24) is 29.1 Å². The molecule has 0 unspecified atom stereocenters. The van der Waals surface area contributed by atoms with E-state index in [1.54, 1.807) is 9.08 Å². The zero-order valence-corrected chi connectivity index (χ0v) is 13.7. The zero-order chi connectivity index (χ0) is 16.0. The molecule has 1 aliphatic rings. The number of imidazole rings is 1. The van der Waals surface area contributed by atoms with Gasteiger partial charge in [-0.1, -0.05) is 26.7 Å². The first kappa shape index (κ1) is 14.4. The molecule has 0 amide bonds. The lowest BCUT2D eigenvalue weighted by atomic mass is 10.1. The Labute approximate surface area is 133 Å². The highest BCUT2D eigenvalue weighted by molar-refractivity contribution is 5.72. The third-order valence-corrected chi connectivity index (χ3v) is 4.74. The molecule has 0 radical (unpaired) electrons. The monoisotopic (exact) mass is 314 g/mol. The summed E-state index contributed by atoms with van der Waals surface area (Å²) < 4.78 is 3.45. The summed E-state index contributed by atoms with van der Waals surface area (Å²) in [6.07, 6.45) is 6.37. The van der Waals surface area contributed by atoms with E-state index in [1.165, 1.54) is 12.8 Å². The molecule has 1 fully saturated rings. The van der Waals surface area contributed by atoms with E-state index in [-0.39, 0.29) is 5.56 Å². The van der Waals surface area contributed by atoms with Crippen molar-refractivity contribution in [2.24, 2.45) is 0 Å². The van der Waals surface area contributed by atoms with E-state index >= 15 is 0 Å². The van der Waals surface area contributed by atoms with Crippen LogP contribution in [0, 0.1) is 0 Å². The van der Waals surface area contributed by atoms with Gasteiger partial charge in [0.1, 0.15) is 5.82 Å². The number of aryl methyl sites for hydroxylation is 2. The zero-order valence-electron chi connectivity index (χ0n) is 13.7. The van der Waals surface area contributed by atoms with Gasteiger partial charge in [-0.05, 0) is 19.3 Å². The summed E-state index contributed by atoms with van der Waals surface area (Å²) in [7, 11) is 0. The molecule has 23 heavy (non-hydrogen) atoms. The molecule has 4 rings (SSSR count). The number of aromatic nitrogens is 6. The molecule has 0 bridgehead atoms. The molecule has 0 atom stereocenters. The first-order valence-corrected chi connectivity index (χ1v) is 8.61. The van der Waals surface area contributed by atoms with Crippen molar-refractivity contribution in [3.05, 3.63) is 22.0 Å². The normalized spacial score (nSPS) is 16.1. The van der Waals surface area contributed by atoms with Gasteiger partial charge in [0, 0.05) is 18.9 Å². The Morgan fingerprint density at radius 3 is 2.70 bits per heavy atom. The van der Waals surface area contributed by atoms with Crippen LogP contribution in [0.3, 0.4) is 0 Å². The molecular formula is C16H22N6O.